The largest absolute Gasteiger partial charge is 0.496 e. The summed E-state index contributed by atoms with van der Waals surface area (Å²) >= 11 is 0. The van der Waals surface area contributed by atoms with Gasteiger partial charge in [0.15, 0.2) is 0 Å². The van der Waals surface area contributed by atoms with Crippen molar-refractivity contribution < 1.29 is 9.66 Å². The molecule has 0 aliphatic carbocycles. The van der Waals surface area contributed by atoms with Crippen LogP contribution in [0.25, 0.3) is 0 Å². The van der Waals surface area contributed by atoms with Gasteiger partial charge < -0.3 is 4.74 Å². The van der Waals surface area contributed by atoms with E-state index in [0.29, 0.717) is 12.2 Å². The van der Waals surface area contributed by atoms with E-state index in [4.69, 9.17) is 4.74 Å². The van der Waals surface area contributed by atoms with Crippen molar-refractivity contribution in [2.24, 2.45) is 0 Å². The molecule has 0 heterocycles. The van der Waals surface area contributed by atoms with Crippen molar-refractivity contribution in [2.75, 3.05) is 7.11 Å². The summed E-state index contributed by atoms with van der Waals surface area (Å²) < 4.78 is 5.03. The second-order valence-electron chi connectivity index (χ2n) is 3.06. The van der Waals surface area contributed by atoms with E-state index in [1.807, 2.05) is 13.8 Å². The maximum atomic E-state index is 10.7. The van der Waals surface area contributed by atoms with Crippen LogP contribution in [-0.4, -0.2) is 12.0 Å². The van der Waals surface area contributed by atoms with Gasteiger partial charge >= 0.3 is 0 Å². The van der Waals surface area contributed by atoms with Crippen LogP contribution in [0.15, 0.2) is 12.1 Å². The van der Waals surface area contributed by atoms with Gasteiger partial charge in [-0.3, -0.25) is 10.1 Å². The van der Waals surface area contributed by atoms with E-state index in [9.17, 15) is 10.1 Å². The second kappa shape index (κ2) is 4.09. The number of nitro groups is 1. The molecule has 14 heavy (non-hydrogen) atoms. The van der Waals surface area contributed by atoms with E-state index in [0.717, 1.165) is 11.1 Å². The van der Waals surface area contributed by atoms with Gasteiger partial charge in [-0.25, -0.2) is 0 Å². The fourth-order valence-corrected chi connectivity index (χ4v) is 1.41. The Labute approximate surface area is 82.7 Å². The van der Waals surface area contributed by atoms with Crippen molar-refractivity contribution in [3.05, 3.63) is 33.4 Å². The van der Waals surface area contributed by atoms with Crippen molar-refractivity contribution in [3.63, 3.8) is 0 Å². The van der Waals surface area contributed by atoms with Crippen molar-refractivity contribution in [1.82, 2.24) is 0 Å². The van der Waals surface area contributed by atoms with Crippen LogP contribution in [0, 0.1) is 17.0 Å². The van der Waals surface area contributed by atoms with Crippen LogP contribution in [0.2, 0.25) is 0 Å². The zero-order valence-electron chi connectivity index (χ0n) is 8.53. The molecule has 0 aromatic heterocycles. The van der Waals surface area contributed by atoms with Gasteiger partial charge in [0, 0.05) is 5.56 Å². The molecule has 1 aromatic rings. The first kappa shape index (κ1) is 10.5. The minimum Gasteiger partial charge on any atom is -0.496 e. The molecule has 0 bridgehead atoms. The van der Waals surface area contributed by atoms with Gasteiger partial charge in [0.2, 0.25) is 0 Å². The van der Waals surface area contributed by atoms with Gasteiger partial charge in [0.05, 0.1) is 18.1 Å². The average molecular weight is 195 g/mol. The van der Waals surface area contributed by atoms with Crippen LogP contribution in [0.1, 0.15) is 18.1 Å². The molecule has 0 atom stereocenters. The summed E-state index contributed by atoms with van der Waals surface area (Å²) in [4.78, 5) is 10.3. The number of benzene rings is 1. The molecule has 4 heteroatoms. The molecule has 1 aromatic carbocycles. The van der Waals surface area contributed by atoms with Gasteiger partial charge in [-0.15, -0.1) is 0 Å². The molecule has 0 saturated carbocycles. The highest BCUT2D eigenvalue weighted by Gasteiger charge is 2.15. The Morgan fingerprint density at radius 3 is 2.57 bits per heavy atom. The minimum absolute atomic E-state index is 0.134. The molecule has 4 nitrogen and oxygen atoms in total. The summed E-state index contributed by atoms with van der Waals surface area (Å²) in [6.07, 6.45) is 0.654. The van der Waals surface area contributed by atoms with E-state index in [2.05, 4.69) is 0 Å². The molecule has 0 aliphatic heterocycles. The zero-order chi connectivity index (χ0) is 10.7. The number of ether oxygens (including phenoxy) is 1. The molecular weight excluding hydrogens is 182 g/mol. The number of methoxy groups -OCH3 is 1. The van der Waals surface area contributed by atoms with Crippen molar-refractivity contribution in [3.8, 4) is 5.75 Å². The van der Waals surface area contributed by atoms with E-state index >= 15 is 0 Å². The molecule has 1 rings (SSSR count). The lowest BCUT2D eigenvalue weighted by Crippen LogP contribution is -1.97. The van der Waals surface area contributed by atoms with E-state index < -0.39 is 0 Å². The Morgan fingerprint density at radius 2 is 2.14 bits per heavy atom. The molecule has 0 aliphatic rings. The number of hydrogen-bond donors (Lipinski definition) is 0. The van der Waals surface area contributed by atoms with Crippen LogP contribution in [0.3, 0.4) is 0 Å². The summed E-state index contributed by atoms with van der Waals surface area (Å²) in [5.41, 5.74) is 1.80. The predicted octanol–water partition coefficient (Wildman–Crippen LogP) is 2.47. The lowest BCUT2D eigenvalue weighted by atomic mass is 10.1. The second-order valence-corrected chi connectivity index (χ2v) is 3.06. The third-order valence-corrected chi connectivity index (χ3v) is 2.17. The fourth-order valence-electron chi connectivity index (χ4n) is 1.41. The van der Waals surface area contributed by atoms with Crippen LogP contribution in [-0.2, 0) is 6.42 Å². The first-order valence-electron chi connectivity index (χ1n) is 4.42. The molecule has 76 valence electrons. The molecule has 0 spiro atoms. The number of aryl methyl sites for hydroxylation is 2. The van der Waals surface area contributed by atoms with Gasteiger partial charge in [-0.1, -0.05) is 6.92 Å². The van der Waals surface area contributed by atoms with Crippen LogP contribution in [0.5, 0.6) is 5.75 Å². The molecule has 0 N–H and O–H groups in total. The predicted molar refractivity (Wildman–Crippen MR) is 53.8 cm³/mol. The molecule has 0 fully saturated rings. The summed E-state index contributed by atoms with van der Waals surface area (Å²) in [5.74, 6) is 0.564. The Bertz CT molecular complexity index is 361. The summed E-state index contributed by atoms with van der Waals surface area (Å²) in [5, 5.41) is 10.7. The van der Waals surface area contributed by atoms with Crippen LogP contribution >= 0.6 is 0 Å². The highest BCUT2D eigenvalue weighted by molar-refractivity contribution is 5.50. The Hall–Kier alpha value is -1.58. The number of nitrogens with zero attached hydrogens (tertiary/aromatic N) is 1. The van der Waals surface area contributed by atoms with Crippen molar-refractivity contribution in [2.45, 2.75) is 20.3 Å². The monoisotopic (exact) mass is 195 g/mol. The first-order chi connectivity index (χ1) is 6.60. The standard InChI is InChI=1S/C10H13NO3/c1-4-8-5-7(2)10(14-3)6-9(8)11(12)13/h5-6H,4H2,1-3H3. The SMILES string of the molecule is CCc1cc(C)c(OC)cc1[N+](=O)[O-]. The highest BCUT2D eigenvalue weighted by Crippen LogP contribution is 2.28. The Balaban J connectivity index is 3.32. The molecule has 0 unspecified atom stereocenters. The molecule has 0 amide bonds. The third-order valence-electron chi connectivity index (χ3n) is 2.17. The number of hydrogen-bond acceptors (Lipinski definition) is 3. The number of nitro benzene ring substituents is 1. The van der Waals surface area contributed by atoms with Crippen molar-refractivity contribution >= 4 is 5.69 Å². The fraction of sp³-hybridized carbons (Fsp3) is 0.400. The average Bonchev–Trinajstić information content (AvgIpc) is 2.16. The van der Waals surface area contributed by atoms with E-state index in [-0.39, 0.29) is 10.6 Å². The maximum Gasteiger partial charge on any atom is 0.276 e. The van der Waals surface area contributed by atoms with Gasteiger partial charge in [0.25, 0.3) is 5.69 Å². The normalized spacial score (nSPS) is 9.93. The summed E-state index contributed by atoms with van der Waals surface area (Å²) in [6.45, 7) is 3.77. The van der Waals surface area contributed by atoms with Gasteiger partial charge in [-0.2, -0.15) is 0 Å². The summed E-state index contributed by atoms with van der Waals surface area (Å²) in [6, 6.07) is 3.28. The molecule has 0 saturated heterocycles. The van der Waals surface area contributed by atoms with E-state index in [1.165, 1.54) is 13.2 Å². The van der Waals surface area contributed by atoms with Gasteiger partial charge in [-0.05, 0) is 25.0 Å². The quantitative estimate of drug-likeness (QED) is 0.550. The van der Waals surface area contributed by atoms with E-state index in [1.54, 1.807) is 6.07 Å². The van der Waals surface area contributed by atoms with Crippen LogP contribution in [0.4, 0.5) is 5.69 Å². The van der Waals surface area contributed by atoms with Gasteiger partial charge in [0.1, 0.15) is 5.75 Å². The van der Waals surface area contributed by atoms with Crippen LogP contribution < -0.4 is 4.74 Å². The topological polar surface area (TPSA) is 52.4 Å². The Morgan fingerprint density at radius 1 is 1.50 bits per heavy atom. The third kappa shape index (κ3) is 1.84. The molecule has 0 radical (unpaired) electrons. The van der Waals surface area contributed by atoms with Crippen molar-refractivity contribution in [1.29, 1.82) is 0 Å². The maximum absolute atomic E-state index is 10.7. The minimum atomic E-state index is -0.374. The lowest BCUT2D eigenvalue weighted by Gasteiger charge is -2.06. The Kier molecular flexibility index (Phi) is 3.06. The highest BCUT2D eigenvalue weighted by atomic mass is 16.6. The smallest absolute Gasteiger partial charge is 0.276 e. The first-order valence-corrected chi connectivity index (χ1v) is 4.42. The number of rotatable bonds is 3. The lowest BCUT2D eigenvalue weighted by molar-refractivity contribution is -0.385. The zero-order valence-corrected chi connectivity index (χ0v) is 8.53. The summed E-state index contributed by atoms with van der Waals surface area (Å²) in [7, 11) is 1.51. The molecular formula is C10H13NO3.